The van der Waals surface area contributed by atoms with E-state index in [1.165, 1.54) is 44.9 Å². The van der Waals surface area contributed by atoms with Gasteiger partial charge in [0.2, 0.25) is 5.91 Å². The third-order valence-corrected chi connectivity index (χ3v) is 5.54. The quantitative estimate of drug-likeness (QED) is 0.792. The summed E-state index contributed by atoms with van der Waals surface area (Å²) in [6.45, 7) is 0.880. The fourth-order valence-electron chi connectivity index (χ4n) is 3.13. The summed E-state index contributed by atoms with van der Waals surface area (Å²) in [5.41, 5.74) is 0. The lowest BCUT2D eigenvalue weighted by Crippen LogP contribution is -2.38. The molecule has 2 aliphatic rings. The molecule has 2 fully saturated rings. The van der Waals surface area contributed by atoms with Gasteiger partial charge in [-0.1, -0.05) is 48.0 Å². The lowest BCUT2D eigenvalue weighted by atomic mass is 9.87. The van der Waals surface area contributed by atoms with Gasteiger partial charge in [-0.25, -0.2) is 0 Å². The van der Waals surface area contributed by atoms with Gasteiger partial charge in [-0.2, -0.15) is 0 Å². The van der Waals surface area contributed by atoms with Crippen molar-refractivity contribution in [2.45, 2.75) is 62.6 Å². The van der Waals surface area contributed by atoms with E-state index in [-0.39, 0.29) is 0 Å². The molecule has 0 aliphatic heterocycles. The summed E-state index contributed by atoms with van der Waals surface area (Å²) in [6, 6.07) is 0. The smallest absolute Gasteiger partial charge is 0.223 e. The van der Waals surface area contributed by atoms with Crippen molar-refractivity contribution in [2.75, 3.05) is 6.54 Å². The molecule has 98 valence electrons. The molecule has 2 unspecified atom stereocenters. The molecule has 0 aromatic rings. The second kappa shape index (κ2) is 6.77. The largest absolute Gasteiger partial charge is 0.356 e. The van der Waals surface area contributed by atoms with Crippen LogP contribution in [0.1, 0.15) is 57.8 Å². The Labute approximate surface area is 113 Å². The van der Waals surface area contributed by atoms with Gasteiger partial charge < -0.3 is 5.32 Å². The number of hydrogen-bond donors (Lipinski definition) is 1. The maximum absolute atomic E-state index is 12.0. The number of carbonyl (C=O) groups excluding carboxylic acids is 1. The summed E-state index contributed by atoms with van der Waals surface area (Å²) in [7, 11) is 0. The maximum Gasteiger partial charge on any atom is 0.223 e. The maximum atomic E-state index is 12.0. The van der Waals surface area contributed by atoms with Crippen LogP contribution in [0.15, 0.2) is 0 Å². The first-order chi connectivity index (χ1) is 8.27. The predicted molar refractivity (Wildman–Crippen MR) is 74.3 cm³/mol. The van der Waals surface area contributed by atoms with E-state index in [2.05, 4.69) is 21.2 Å². The Bertz CT molecular complexity index is 251. The highest BCUT2D eigenvalue weighted by atomic mass is 79.9. The van der Waals surface area contributed by atoms with Gasteiger partial charge in [-0.05, 0) is 31.6 Å². The van der Waals surface area contributed by atoms with Crippen molar-refractivity contribution in [3.05, 3.63) is 0 Å². The normalized spacial score (nSPS) is 31.1. The molecule has 0 heterocycles. The lowest BCUT2D eigenvalue weighted by Gasteiger charge is -2.28. The van der Waals surface area contributed by atoms with E-state index >= 15 is 0 Å². The van der Waals surface area contributed by atoms with Crippen LogP contribution in [0.2, 0.25) is 0 Å². The van der Waals surface area contributed by atoms with Gasteiger partial charge in [-0.15, -0.1) is 0 Å². The van der Waals surface area contributed by atoms with Gasteiger partial charge >= 0.3 is 0 Å². The van der Waals surface area contributed by atoms with Crippen LogP contribution in [0, 0.1) is 11.8 Å². The molecular formula is C14H24BrNO. The average molecular weight is 302 g/mol. The first kappa shape index (κ1) is 13.4. The van der Waals surface area contributed by atoms with Crippen molar-refractivity contribution in [1.82, 2.24) is 5.32 Å². The summed E-state index contributed by atoms with van der Waals surface area (Å²) < 4.78 is 0. The summed E-state index contributed by atoms with van der Waals surface area (Å²) in [6.07, 6.45) is 11.2. The van der Waals surface area contributed by atoms with Gasteiger partial charge in [-0.3, -0.25) is 4.79 Å². The van der Waals surface area contributed by atoms with Gasteiger partial charge in [0, 0.05) is 17.3 Å². The molecule has 2 aliphatic carbocycles. The Morgan fingerprint density at radius 3 is 2.35 bits per heavy atom. The molecule has 3 heteroatoms. The Morgan fingerprint density at radius 2 is 1.65 bits per heavy atom. The van der Waals surface area contributed by atoms with Crippen LogP contribution >= 0.6 is 15.9 Å². The highest BCUT2D eigenvalue weighted by molar-refractivity contribution is 9.09. The van der Waals surface area contributed by atoms with E-state index < -0.39 is 0 Å². The number of hydrogen-bond acceptors (Lipinski definition) is 1. The number of amides is 1. The second-order valence-electron chi connectivity index (χ2n) is 5.64. The van der Waals surface area contributed by atoms with E-state index in [1.54, 1.807) is 0 Å². The Balaban J connectivity index is 1.71. The molecule has 0 bridgehead atoms. The Morgan fingerprint density at radius 1 is 1.00 bits per heavy atom. The van der Waals surface area contributed by atoms with Crippen LogP contribution in [0.25, 0.3) is 0 Å². The minimum atomic E-state index is 0.307. The third kappa shape index (κ3) is 3.97. The molecule has 0 aromatic heterocycles. The molecule has 2 saturated carbocycles. The van der Waals surface area contributed by atoms with E-state index in [4.69, 9.17) is 0 Å². The number of rotatable bonds is 3. The predicted octanol–water partition coefficient (Wildman–Crippen LogP) is 3.64. The molecule has 2 nitrogen and oxygen atoms in total. The monoisotopic (exact) mass is 301 g/mol. The number of alkyl halides is 1. The van der Waals surface area contributed by atoms with Crippen LogP contribution in [0.5, 0.6) is 0 Å². The van der Waals surface area contributed by atoms with Crippen molar-refractivity contribution in [3.8, 4) is 0 Å². The zero-order valence-electron chi connectivity index (χ0n) is 10.6. The molecule has 17 heavy (non-hydrogen) atoms. The SMILES string of the molecule is O=C(NCC1CCCCC1Br)C1CCCCC1. The minimum Gasteiger partial charge on any atom is -0.356 e. The zero-order valence-corrected chi connectivity index (χ0v) is 12.2. The number of halogens is 1. The van der Waals surface area contributed by atoms with Crippen LogP contribution in [0.3, 0.4) is 0 Å². The van der Waals surface area contributed by atoms with Gasteiger partial charge in [0.1, 0.15) is 0 Å². The molecule has 1 N–H and O–H groups in total. The summed E-state index contributed by atoms with van der Waals surface area (Å²) >= 11 is 3.75. The average Bonchev–Trinajstić information content (AvgIpc) is 2.38. The first-order valence-electron chi connectivity index (χ1n) is 7.19. The fraction of sp³-hybridized carbons (Fsp3) is 0.929. The van der Waals surface area contributed by atoms with Crippen molar-refractivity contribution < 1.29 is 4.79 Å². The minimum absolute atomic E-state index is 0.307. The summed E-state index contributed by atoms with van der Waals surface area (Å²) in [5, 5.41) is 3.18. The first-order valence-corrected chi connectivity index (χ1v) is 8.10. The molecule has 0 saturated heterocycles. The van der Waals surface area contributed by atoms with Crippen molar-refractivity contribution in [2.24, 2.45) is 11.8 Å². The van der Waals surface area contributed by atoms with Crippen LogP contribution in [0.4, 0.5) is 0 Å². The molecule has 2 rings (SSSR count). The van der Waals surface area contributed by atoms with Crippen molar-refractivity contribution in [1.29, 1.82) is 0 Å². The molecule has 0 spiro atoms. The molecule has 2 atom stereocenters. The highest BCUT2D eigenvalue weighted by Crippen LogP contribution is 2.29. The van der Waals surface area contributed by atoms with Gasteiger partial charge in [0.05, 0.1) is 0 Å². The van der Waals surface area contributed by atoms with E-state index in [0.717, 1.165) is 19.4 Å². The highest BCUT2D eigenvalue weighted by Gasteiger charge is 2.25. The molecule has 0 aromatic carbocycles. The summed E-state index contributed by atoms with van der Waals surface area (Å²) in [4.78, 5) is 12.6. The van der Waals surface area contributed by atoms with Gasteiger partial charge in [0.15, 0.2) is 0 Å². The lowest BCUT2D eigenvalue weighted by molar-refractivity contribution is -0.126. The molecular weight excluding hydrogens is 278 g/mol. The van der Waals surface area contributed by atoms with Gasteiger partial charge in [0.25, 0.3) is 0 Å². The molecule has 1 amide bonds. The van der Waals surface area contributed by atoms with E-state index in [1.807, 2.05) is 0 Å². The van der Waals surface area contributed by atoms with E-state index in [0.29, 0.717) is 22.6 Å². The Hall–Kier alpha value is -0.0500. The van der Waals surface area contributed by atoms with Crippen LogP contribution in [-0.4, -0.2) is 17.3 Å². The standard InChI is InChI=1S/C14H24BrNO/c15-13-9-5-4-8-12(13)10-16-14(17)11-6-2-1-3-7-11/h11-13H,1-10H2,(H,16,17). The summed E-state index contributed by atoms with van der Waals surface area (Å²) in [5.74, 6) is 1.27. The molecule has 0 radical (unpaired) electrons. The second-order valence-corrected chi connectivity index (χ2v) is 6.82. The number of nitrogens with one attached hydrogen (secondary N) is 1. The third-order valence-electron chi connectivity index (χ3n) is 4.33. The van der Waals surface area contributed by atoms with E-state index in [9.17, 15) is 4.79 Å². The number of carbonyl (C=O) groups is 1. The van der Waals surface area contributed by atoms with Crippen LogP contribution in [-0.2, 0) is 4.79 Å². The zero-order chi connectivity index (χ0) is 12.1. The topological polar surface area (TPSA) is 29.1 Å². The van der Waals surface area contributed by atoms with Crippen LogP contribution < -0.4 is 5.32 Å². The Kier molecular flexibility index (Phi) is 5.33. The van der Waals surface area contributed by atoms with Crippen molar-refractivity contribution >= 4 is 21.8 Å². The van der Waals surface area contributed by atoms with Crippen molar-refractivity contribution in [3.63, 3.8) is 0 Å². The fourth-order valence-corrected chi connectivity index (χ4v) is 3.91.